The van der Waals surface area contributed by atoms with E-state index in [-0.39, 0.29) is 10.9 Å². The van der Waals surface area contributed by atoms with Gasteiger partial charge in [-0.25, -0.2) is 4.98 Å². The van der Waals surface area contributed by atoms with Gasteiger partial charge < -0.3 is 8.84 Å². The molecular weight excluding hydrogens is 342 g/mol. The molecule has 1 aromatic heterocycles. The zero-order valence-corrected chi connectivity index (χ0v) is 16.3. The van der Waals surface area contributed by atoms with Crippen molar-refractivity contribution in [3.63, 3.8) is 0 Å². The van der Waals surface area contributed by atoms with Crippen molar-refractivity contribution in [3.05, 3.63) is 78.5 Å². The molecule has 0 radical (unpaired) electrons. The van der Waals surface area contributed by atoms with Gasteiger partial charge in [-0.05, 0) is 15.4 Å². The lowest BCUT2D eigenvalue weighted by Gasteiger charge is -2.42. The minimum absolute atomic E-state index is 0.0750. The first-order valence-corrected chi connectivity index (χ1v) is 10.5. The van der Waals surface area contributed by atoms with E-state index in [1.165, 1.54) is 16.6 Å². The number of oxazole rings is 1. The molecule has 0 aliphatic heterocycles. The summed E-state index contributed by atoms with van der Waals surface area (Å²) in [5.41, 5.74) is 0.625. The minimum Gasteiger partial charge on any atom is -0.442 e. The second kappa shape index (κ2) is 7.39. The summed E-state index contributed by atoms with van der Waals surface area (Å²) in [7, 11) is -2.60. The number of carbonyl (C=O) groups is 1. The van der Waals surface area contributed by atoms with Crippen LogP contribution in [-0.2, 0) is 11.0 Å². The Morgan fingerprint density at radius 1 is 1.00 bits per heavy atom. The van der Waals surface area contributed by atoms with Crippen LogP contribution in [0.2, 0.25) is 5.04 Å². The lowest BCUT2D eigenvalue weighted by atomic mass is 10.2. The first-order chi connectivity index (χ1) is 12.5. The fourth-order valence-electron chi connectivity index (χ4n) is 3.39. The Labute approximate surface area is 155 Å². The molecule has 0 unspecified atom stereocenters. The van der Waals surface area contributed by atoms with Crippen molar-refractivity contribution in [1.82, 2.24) is 4.98 Å². The third-order valence-electron chi connectivity index (χ3n) is 4.52. The molecule has 0 saturated heterocycles. The number of aldehydes is 1. The summed E-state index contributed by atoms with van der Waals surface area (Å²) in [6, 6.07) is 20.8. The number of rotatable bonds is 6. The molecule has 0 fully saturated rings. The highest BCUT2D eigenvalue weighted by Crippen LogP contribution is 2.37. The van der Waals surface area contributed by atoms with Crippen molar-refractivity contribution in [3.8, 4) is 0 Å². The third-order valence-corrected chi connectivity index (χ3v) is 9.51. The van der Waals surface area contributed by atoms with Gasteiger partial charge in [-0.3, -0.25) is 4.79 Å². The molecule has 0 saturated carbocycles. The summed E-state index contributed by atoms with van der Waals surface area (Å²) >= 11 is 0. The van der Waals surface area contributed by atoms with E-state index in [0.29, 0.717) is 18.6 Å². The van der Waals surface area contributed by atoms with Crippen molar-refractivity contribution >= 4 is 25.0 Å². The molecule has 0 bridgehead atoms. The summed E-state index contributed by atoms with van der Waals surface area (Å²) in [5, 5.41) is 2.31. The van der Waals surface area contributed by atoms with Crippen LogP contribution in [0.5, 0.6) is 0 Å². The Morgan fingerprint density at radius 2 is 1.54 bits per heavy atom. The quantitative estimate of drug-likeness (QED) is 0.495. The average molecular weight is 366 g/mol. The normalized spacial score (nSPS) is 12.1. The summed E-state index contributed by atoms with van der Waals surface area (Å²) in [6.07, 6.45) is 2.09. The third kappa shape index (κ3) is 3.41. The smallest absolute Gasteiger partial charge is 0.261 e. The van der Waals surface area contributed by atoms with Gasteiger partial charge in [0.05, 0.1) is 6.61 Å². The van der Waals surface area contributed by atoms with Crippen molar-refractivity contribution in [2.75, 3.05) is 0 Å². The summed E-state index contributed by atoms with van der Waals surface area (Å²) in [4.78, 5) is 15.0. The van der Waals surface area contributed by atoms with Crippen molar-refractivity contribution in [2.24, 2.45) is 0 Å². The molecule has 0 atom stereocenters. The topological polar surface area (TPSA) is 52.3 Å². The van der Waals surface area contributed by atoms with Crippen molar-refractivity contribution < 1.29 is 13.6 Å². The molecular formula is C21H23NO3Si. The fraction of sp³-hybridized carbons (Fsp3) is 0.238. The predicted molar refractivity (Wildman–Crippen MR) is 104 cm³/mol. The highest BCUT2D eigenvalue weighted by Gasteiger charge is 2.50. The van der Waals surface area contributed by atoms with Crippen LogP contribution >= 0.6 is 0 Å². The zero-order valence-electron chi connectivity index (χ0n) is 15.3. The molecule has 0 aliphatic carbocycles. The van der Waals surface area contributed by atoms with Gasteiger partial charge in [0.1, 0.15) is 12.0 Å². The van der Waals surface area contributed by atoms with Crippen LogP contribution in [0.4, 0.5) is 0 Å². The Bertz CT molecular complexity index is 814. The lowest BCUT2D eigenvalue weighted by molar-refractivity contribution is 0.109. The van der Waals surface area contributed by atoms with E-state index in [1.54, 1.807) is 0 Å². The highest BCUT2D eigenvalue weighted by molar-refractivity contribution is 6.99. The minimum atomic E-state index is -2.60. The highest BCUT2D eigenvalue weighted by atomic mass is 28.4. The molecule has 0 N–H and O–H groups in total. The van der Waals surface area contributed by atoms with Gasteiger partial charge in [-0.1, -0.05) is 81.4 Å². The maximum atomic E-state index is 10.8. The van der Waals surface area contributed by atoms with E-state index in [0.717, 1.165) is 0 Å². The predicted octanol–water partition coefficient (Wildman–Crippen LogP) is 3.56. The van der Waals surface area contributed by atoms with Gasteiger partial charge in [0.15, 0.2) is 0 Å². The van der Waals surface area contributed by atoms with Gasteiger partial charge >= 0.3 is 0 Å². The van der Waals surface area contributed by atoms with E-state index >= 15 is 0 Å². The Hall–Kier alpha value is -2.50. The van der Waals surface area contributed by atoms with E-state index in [9.17, 15) is 4.79 Å². The van der Waals surface area contributed by atoms with Crippen LogP contribution in [0.15, 0.2) is 71.3 Å². The second-order valence-corrected chi connectivity index (χ2v) is 11.6. The van der Waals surface area contributed by atoms with Crippen LogP contribution < -0.4 is 10.4 Å². The molecule has 2 aromatic carbocycles. The number of carbonyl (C=O) groups excluding carboxylic acids is 1. The van der Waals surface area contributed by atoms with Gasteiger partial charge in [0, 0.05) is 0 Å². The first kappa shape index (κ1) is 18.3. The molecule has 0 amide bonds. The fourth-order valence-corrected chi connectivity index (χ4v) is 7.91. The number of aromatic nitrogens is 1. The average Bonchev–Trinajstić information content (AvgIpc) is 3.11. The standard InChI is InChI=1S/C21H23NO3Si/c1-21(2,3)26(18-10-6-4-7-11-18,19-12-8-5-9-13-19)25-16-17-15-24-20(14-23)22-17/h4-15H,16H2,1-3H3. The second-order valence-electron chi connectivity index (χ2n) is 7.25. The van der Waals surface area contributed by atoms with Gasteiger partial charge in [0.25, 0.3) is 14.2 Å². The number of nitrogens with zero attached hydrogens (tertiary/aromatic N) is 1. The maximum absolute atomic E-state index is 10.8. The van der Waals surface area contributed by atoms with Crippen LogP contribution in [0.1, 0.15) is 37.2 Å². The summed E-state index contributed by atoms with van der Waals surface area (Å²) in [6.45, 7) is 6.96. The zero-order chi connectivity index (χ0) is 18.6. The molecule has 0 spiro atoms. The van der Waals surface area contributed by atoms with E-state index in [1.807, 2.05) is 12.1 Å². The molecule has 3 rings (SSSR count). The van der Waals surface area contributed by atoms with Crippen LogP contribution in [0.25, 0.3) is 0 Å². The van der Waals surface area contributed by atoms with Gasteiger partial charge in [-0.2, -0.15) is 0 Å². The SMILES string of the molecule is CC(C)(C)[Si](OCc1coc(C=O)n1)(c1ccccc1)c1ccccc1. The molecule has 134 valence electrons. The van der Waals surface area contributed by atoms with Gasteiger partial charge in [0.2, 0.25) is 6.29 Å². The maximum Gasteiger partial charge on any atom is 0.261 e. The first-order valence-electron chi connectivity index (χ1n) is 8.62. The molecule has 0 aliphatic rings. The monoisotopic (exact) mass is 365 g/mol. The van der Waals surface area contributed by atoms with Crippen LogP contribution in [0.3, 0.4) is 0 Å². The molecule has 4 nitrogen and oxygen atoms in total. The Balaban J connectivity index is 2.09. The van der Waals surface area contributed by atoms with Crippen LogP contribution in [0, 0.1) is 0 Å². The number of hydrogen-bond donors (Lipinski definition) is 0. The van der Waals surface area contributed by atoms with E-state index < -0.39 is 8.32 Å². The Kier molecular flexibility index (Phi) is 5.20. The van der Waals surface area contributed by atoms with E-state index in [4.69, 9.17) is 8.84 Å². The van der Waals surface area contributed by atoms with E-state index in [2.05, 4.69) is 74.3 Å². The van der Waals surface area contributed by atoms with Crippen molar-refractivity contribution in [1.29, 1.82) is 0 Å². The Morgan fingerprint density at radius 3 is 1.96 bits per heavy atom. The largest absolute Gasteiger partial charge is 0.442 e. The number of benzene rings is 2. The van der Waals surface area contributed by atoms with Gasteiger partial charge in [-0.15, -0.1) is 0 Å². The molecule has 5 heteroatoms. The van der Waals surface area contributed by atoms with Crippen LogP contribution in [-0.4, -0.2) is 19.6 Å². The summed E-state index contributed by atoms with van der Waals surface area (Å²) < 4.78 is 11.8. The number of hydrogen-bond acceptors (Lipinski definition) is 4. The summed E-state index contributed by atoms with van der Waals surface area (Å²) in [5.74, 6) is 0.0750. The molecule has 26 heavy (non-hydrogen) atoms. The lowest BCUT2D eigenvalue weighted by Crippen LogP contribution is -2.66. The molecule has 1 heterocycles. The van der Waals surface area contributed by atoms with Crippen molar-refractivity contribution in [2.45, 2.75) is 32.4 Å². The molecule has 3 aromatic rings.